The van der Waals surface area contributed by atoms with E-state index in [4.69, 9.17) is 32.7 Å². The third-order valence-corrected chi connectivity index (χ3v) is 4.83. The van der Waals surface area contributed by atoms with Gasteiger partial charge < -0.3 is 9.47 Å². The molecular weight excluding hydrogens is 411 g/mol. The molecule has 0 saturated carbocycles. The lowest BCUT2D eigenvalue weighted by Gasteiger charge is -2.16. The Bertz CT molecular complexity index is 649. The average molecular weight is 434 g/mol. The Labute approximate surface area is 162 Å². The molecule has 132 valence electrons. The first-order valence-corrected chi connectivity index (χ1v) is 10.3. The van der Waals surface area contributed by atoms with Crippen molar-refractivity contribution in [3.05, 3.63) is 35.4 Å². The van der Waals surface area contributed by atoms with Gasteiger partial charge in [0.05, 0.1) is 17.0 Å². The Morgan fingerprint density at radius 2 is 1.88 bits per heavy atom. The third kappa shape index (κ3) is 5.44. The van der Waals surface area contributed by atoms with E-state index in [1.165, 1.54) is 6.42 Å². The first-order valence-electron chi connectivity index (χ1n) is 8.34. The molecule has 0 aliphatic carbocycles. The van der Waals surface area contributed by atoms with E-state index in [-0.39, 0.29) is 5.38 Å². The summed E-state index contributed by atoms with van der Waals surface area (Å²) in [5.74, 6) is 1.48. The summed E-state index contributed by atoms with van der Waals surface area (Å²) in [6.45, 7) is 3.30. The molecule has 0 aromatic heterocycles. The number of benzene rings is 2. The molecular formula is C19H23BrCl2O2. The first-order chi connectivity index (χ1) is 11.7. The highest BCUT2D eigenvalue weighted by Crippen LogP contribution is 2.39. The summed E-state index contributed by atoms with van der Waals surface area (Å²) in [5.41, 5.74) is 0. The Morgan fingerprint density at radius 3 is 2.58 bits per heavy atom. The van der Waals surface area contributed by atoms with Crippen LogP contribution in [0.2, 0.25) is 5.02 Å². The normalized spacial score (nSPS) is 12.3. The predicted octanol–water partition coefficient (Wildman–Crippen LogP) is 6.83. The summed E-state index contributed by atoms with van der Waals surface area (Å²) in [6.07, 6.45) is 4.20. The average Bonchev–Trinajstić information content (AvgIpc) is 2.58. The minimum absolute atomic E-state index is 0.0353. The highest BCUT2D eigenvalue weighted by atomic mass is 79.9. The van der Waals surface area contributed by atoms with Crippen molar-refractivity contribution < 1.29 is 9.47 Å². The molecule has 0 saturated heterocycles. The van der Waals surface area contributed by atoms with Crippen molar-refractivity contribution in [2.45, 2.75) is 38.0 Å². The third-order valence-electron chi connectivity index (χ3n) is 3.75. The second-order valence-corrected chi connectivity index (χ2v) is 7.49. The van der Waals surface area contributed by atoms with E-state index >= 15 is 0 Å². The molecule has 0 aliphatic heterocycles. The van der Waals surface area contributed by atoms with E-state index in [0.29, 0.717) is 18.2 Å². The van der Waals surface area contributed by atoms with E-state index < -0.39 is 0 Å². The number of alkyl halides is 2. The van der Waals surface area contributed by atoms with Crippen LogP contribution in [0.5, 0.6) is 11.5 Å². The maximum absolute atomic E-state index is 6.45. The molecule has 24 heavy (non-hydrogen) atoms. The lowest BCUT2D eigenvalue weighted by Crippen LogP contribution is -2.12. The molecule has 0 fully saturated rings. The standard InChI is InChI=1S/C19H23BrCl2O2/c1-2-3-6-11-23-19-16-8-5-4-7-15(16)18(12-17(19)22)24-13-14(21)9-10-20/h4-5,7-8,12,14H,2-3,6,9-11,13H2,1H3. The van der Waals surface area contributed by atoms with Crippen LogP contribution in [0.1, 0.15) is 32.6 Å². The molecule has 0 spiro atoms. The van der Waals surface area contributed by atoms with Crippen molar-refractivity contribution >= 4 is 49.9 Å². The second-order valence-electron chi connectivity index (χ2n) is 5.67. The molecule has 2 aromatic carbocycles. The number of unbranched alkanes of at least 4 members (excludes halogenated alkanes) is 2. The van der Waals surface area contributed by atoms with Crippen molar-refractivity contribution in [1.82, 2.24) is 0 Å². The van der Waals surface area contributed by atoms with Gasteiger partial charge in [-0.3, -0.25) is 0 Å². The topological polar surface area (TPSA) is 18.5 Å². The lowest BCUT2D eigenvalue weighted by atomic mass is 10.1. The van der Waals surface area contributed by atoms with Crippen LogP contribution in [-0.2, 0) is 0 Å². The van der Waals surface area contributed by atoms with Crippen molar-refractivity contribution in [2.75, 3.05) is 18.5 Å². The van der Waals surface area contributed by atoms with Crippen molar-refractivity contribution in [3.8, 4) is 11.5 Å². The van der Waals surface area contributed by atoms with Crippen LogP contribution in [0.15, 0.2) is 30.3 Å². The van der Waals surface area contributed by atoms with Crippen molar-refractivity contribution in [1.29, 1.82) is 0 Å². The first kappa shape index (κ1) is 19.7. The monoisotopic (exact) mass is 432 g/mol. The zero-order valence-electron chi connectivity index (χ0n) is 13.9. The van der Waals surface area contributed by atoms with Gasteiger partial charge in [-0.05, 0) is 12.8 Å². The van der Waals surface area contributed by atoms with E-state index in [1.807, 2.05) is 30.3 Å². The minimum Gasteiger partial charge on any atom is -0.491 e. The van der Waals surface area contributed by atoms with Gasteiger partial charge in [0.1, 0.15) is 18.1 Å². The highest BCUT2D eigenvalue weighted by molar-refractivity contribution is 9.09. The van der Waals surface area contributed by atoms with Crippen LogP contribution in [0.25, 0.3) is 10.8 Å². The van der Waals surface area contributed by atoms with Gasteiger partial charge in [0.15, 0.2) is 0 Å². The fourth-order valence-electron chi connectivity index (χ4n) is 2.46. The minimum atomic E-state index is -0.0353. The number of fused-ring (bicyclic) bond motifs is 1. The summed E-state index contributed by atoms with van der Waals surface area (Å²) >= 11 is 16.1. The SMILES string of the molecule is CCCCCOc1c(Cl)cc(OCC(Cl)CCBr)c2ccccc12. The van der Waals surface area contributed by atoms with Gasteiger partial charge >= 0.3 is 0 Å². The zero-order chi connectivity index (χ0) is 17.4. The highest BCUT2D eigenvalue weighted by Gasteiger charge is 2.14. The molecule has 0 heterocycles. The maximum Gasteiger partial charge on any atom is 0.145 e. The molecule has 0 amide bonds. The van der Waals surface area contributed by atoms with Crippen LogP contribution >= 0.6 is 39.1 Å². The van der Waals surface area contributed by atoms with E-state index in [0.717, 1.165) is 46.9 Å². The molecule has 5 heteroatoms. The van der Waals surface area contributed by atoms with Crippen LogP contribution < -0.4 is 9.47 Å². The van der Waals surface area contributed by atoms with Crippen molar-refractivity contribution in [2.24, 2.45) is 0 Å². The Morgan fingerprint density at radius 1 is 1.12 bits per heavy atom. The van der Waals surface area contributed by atoms with Gasteiger partial charge in [0.25, 0.3) is 0 Å². The van der Waals surface area contributed by atoms with Gasteiger partial charge in [-0.1, -0.05) is 71.6 Å². The molecule has 1 atom stereocenters. The number of hydrogen-bond donors (Lipinski definition) is 0. The number of rotatable bonds is 10. The van der Waals surface area contributed by atoms with Crippen molar-refractivity contribution in [3.63, 3.8) is 0 Å². The number of ether oxygens (including phenoxy) is 2. The van der Waals surface area contributed by atoms with Gasteiger partial charge in [0.2, 0.25) is 0 Å². The number of hydrogen-bond acceptors (Lipinski definition) is 2. The molecule has 0 N–H and O–H groups in total. The Hall–Kier alpha value is -0.640. The summed E-state index contributed by atoms with van der Waals surface area (Å²) in [4.78, 5) is 0. The predicted molar refractivity (Wildman–Crippen MR) is 108 cm³/mol. The van der Waals surface area contributed by atoms with Crippen LogP contribution in [-0.4, -0.2) is 23.9 Å². The molecule has 1 unspecified atom stereocenters. The maximum atomic E-state index is 6.45. The quantitative estimate of drug-likeness (QED) is 0.301. The van der Waals surface area contributed by atoms with Gasteiger partial charge in [-0.25, -0.2) is 0 Å². The Balaban J connectivity index is 2.21. The van der Waals surface area contributed by atoms with E-state index in [2.05, 4.69) is 22.9 Å². The summed E-state index contributed by atoms with van der Waals surface area (Å²) in [7, 11) is 0. The molecule has 0 radical (unpaired) electrons. The summed E-state index contributed by atoms with van der Waals surface area (Å²) < 4.78 is 11.9. The molecule has 0 aliphatic rings. The smallest absolute Gasteiger partial charge is 0.145 e. The fraction of sp³-hybridized carbons (Fsp3) is 0.474. The van der Waals surface area contributed by atoms with Crippen LogP contribution in [0, 0.1) is 0 Å². The van der Waals surface area contributed by atoms with Gasteiger partial charge in [-0.15, -0.1) is 11.6 Å². The molecule has 2 aromatic rings. The zero-order valence-corrected chi connectivity index (χ0v) is 17.0. The lowest BCUT2D eigenvalue weighted by molar-refractivity contribution is 0.306. The van der Waals surface area contributed by atoms with Crippen LogP contribution in [0.4, 0.5) is 0 Å². The molecule has 0 bridgehead atoms. The number of halogens is 3. The molecule has 2 rings (SSSR count). The Kier molecular flexibility index (Phi) is 8.51. The second kappa shape index (κ2) is 10.4. The molecule has 2 nitrogen and oxygen atoms in total. The van der Waals surface area contributed by atoms with Crippen LogP contribution in [0.3, 0.4) is 0 Å². The summed E-state index contributed by atoms with van der Waals surface area (Å²) in [5, 5.41) is 3.37. The van der Waals surface area contributed by atoms with Gasteiger partial charge in [0, 0.05) is 22.2 Å². The fourth-order valence-corrected chi connectivity index (χ4v) is 3.70. The van der Waals surface area contributed by atoms with E-state index in [9.17, 15) is 0 Å². The summed E-state index contributed by atoms with van der Waals surface area (Å²) in [6, 6.07) is 9.83. The largest absolute Gasteiger partial charge is 0.491 e. The van der Waals surface area contributed by atoms with E-state index in [1.54, 1.807) is 0 Å². The van der Waals surface area contributed by atoms with Gasteiger partial charge in [-0.2, -0.15) is 0 Å².